The van der Waals surface area contributed by atoms with E-state index in [1.54, 1.807) is 11.3 Å². The van der Waals surface area contributed by atoms with Crippen LogP contribution in [0.4, 0.5) is 8.78 Å². The van der Waals surface area contributed by atoms with Gasteiger partial charge in [-0.15, -0.1) is 11.3 Å². The number of hydrogen-bond acceptors (Lipinski definition) is 6. The van der Waals surface area contributed by atoms with Crippen LogP contribution in [0, 0.1) is 0 Å². The monoisotopic (exact) mass is 505 g/mol. The SMILES string of the molecule is O=C(COC(=O)c1c2c(nc3ccccc13)C(=Cc1cccs1)CCC2)c1ccc(OC(F)F)cc1. The molecule has 0 saturated heterocycles. The van der Waals surface area contributed by atoms with E-state index in [-0.39, 0.29) is 11.3 Å². The van der Waals surface area contributed by atoms with Crippen LogP contribution < -0.4 is 4.74 Å². The molecule has 0 saturated carbocycles. The van der Waals surface area contributed by atoms with Gasteiger partial charge in [-0.3, -0.25) is 4.79 Å². The first kappa shape index (κ1) is 23.8. The van der Waals surface area contributed by atoms with E-state index in [4.69, 9.17) is 9.72 Å². The number of fused-ring (bicyclic) bond motifs is 2. The van der Waals surface area contributed by atoms with E-state index in [1.165, 1.54) is 24.3 Å². The number of benzene rings is 2. The molecule has 2 aromatic carbocycles. The number of para-hydroxylation sites is 1. The summed E-state index contributed by atoms with van der Waals surface area (Å²) in [6, 6.07) is 16.7. The Morgan fingerprint density at radius 1 is 1.03 bits per heavy atom. The molecular formula is C28H21F2NO4S. The van der Waals surface area contributed by atoms with Crippen LogP contribution >= 0.6 is 11.3 Å². The minimum absolute atomic E-state index is 0.0557. The van der Waals surface area contributed by atoms with Crippen molar-refractivity contribution in [1.29, 1.82) is 0 Å². The molecule has 8 heteroatoms. The fourth-order valence-corrected chi connectivity index (χ4v) is 5.04. The second-order valence-electron chi connectivity index (χ2n) is 8.27. The largest absolute Gasteiger partial charge is 0.454 e. The molecule has 0 aliphatic heterocycles. The second kappa shape index (κ2) is 10.4. The zero-order chi connectivity index (χ0) is 25.1. The fraction of sp³-hybridized carbons (Fsp3) is 0.179. The molecule has 5 nitrogen and oxygen atoms in total. The smallest absolute Gasteiger partial charge is 0.387 e. The summed E-state index contributed by atoms with van der Waals surface area (Å²) in [6.45, 7) is -3.42. The normalized spacial score (nSPS) is 14.1. The molecule has 5 rings (SSSR count). The lowest BCUT2D eigenvalue weighted by Crippen LogP contribution is -2.18. The maximum atomic E-state index is 13.3. The summed E-state index contributed by atoms with van der Waals surface area (Å²) in [5, 5.41) is 2.70. The van der Waals surface area contributed by atoms with E-state index in [0.29, 0.717) is 22.9 Å². The molecule has 0 unspecified atom stereocenters. The molecule has 1 aliphatic rings. The maximum Gasteiger partial charge on any atom is 0.387 e. The zero-order valence-electron chi connectivity index (χ0n) is 19.1. The van der Waals surface area contributed by atoms with Crippen LogP contribution in [-0.4, -0.2) is 30.0 Å². The number of pyridine rings is 1. The molecule has 0 fully saturated rings. The lowest BCUT2D eigenvalue weighted by atomic mass is 9.86. The molecule has 36 heavy (non-hydrogen) atoms. The van der Waals surface area contributed by atoms with Crippen molar-refractivity contribution in [3.05, 3.63) is 93.3 Å². The molecule has 1 aliphatic carbocycles. The van der Waals surface area contributed by atoms with Crippen molar-refractivity contribution in [1.82, 2.24) is 4.98 Å². The third-order valence-corrected chi connectivity index (χ3v) is 6.79. The highest BCUT2D eigenvalue weighted by molar-refractivity contribution is 7.10. The Hall–Kier alpha value is -3.91. The number of hydrogen-bond donors (Lipinski definition) is 0. The van der Waals surface area contributed by atoms with Crippen LogP contribution in [-0.2, 0) is 11.2 Å². The molecule has 182 valence electrons. The highest BCUT2D eigenvalue weighted by Gasteiger charge is 2.26. The molecule has 0 bridgehead atoms. The number of rotatable bonds is 7. The number of nitrogens with zero attached hydrogens (tertiary/aromatic N) is 1. The lowest BCUT2D eigenvalue weighted by Gasteiger charge is -2.22. The van der Waals surface area contributed by atoms with Crippen molar-refractivity contribution in [2.45, 2.75) is 25.9 Å². The lowest BCUT2D eigenvalue weighted by molar-refractivity contribution is -0.0498. The number of esters is 1. The van der Waals surface area contributed by atoms with Gasteiger partial charge in [0.05, 0.1) is 16.8 Å². The van der Waals surface area contributed by atoms with Crippen molar-refractivity contribution < 1.29 is 27.8 Å². The van der Waals surface area contributed by atoms with E-state index < -0.39 is 25.0 Å². The van der Waals surface area contributed by atoms with Crippen molar-refractivity contribution >= 4 is 45.6 Å². The number of carbonyl (C=O) groups excluding carboxylic acids is 2. The van der Waals surface area contributed by atoms with Crippen molar-refractivity contribution in [2.24, 2.45) is 0 Å². The highest BCUT2D eigenvalue weighted by Crippen LogP contribution is 2.36. The third kappa shape index (κ3) is 5.04. The Morgan fingerprint density at radius 3 is 2.58 bits per heavy atom. The predicted molar refractivity (Wildman–Crippen MR) is 135 cm³/mol. The molecule has 0 amide bonds. The van der Waals surface area contributed by atoms with Crippen LogP contribution in [0.25, 0.3) is 22.6 Å². The Bertz CT molecular complexity index is 1450. The molecule has 2 heterocycles. The minimum atomic E-state index is -2.95. The van der Waals surface area contributed by atoms with Crippen LogP contribution in [0.15, 0.2) is 66.0 Å². The summed E-state index contributed by atoms with van der Waals surface area (Å²) in [6.07, 6.45) is 4.52. The number of thiophene rings is 1. The Kier molecular flexibility index (Phi) is 6.86. The zero-order valence-corrected chi connectivity index (χ0v) is 19.9. The number of carbonyl (C=O) groups is 2. The molecule has 2 aromatic heterocycles. The predicted octanol–water partition coefficient (Wildman–Crippen LogP) is 6.81. The summed E-state index contributed by atoms with van der Waals surface area (Å²) in [4.78, 5) is 32.0. The average Bonchev–Trinajstić information content (AvgIpc) is 3.39. The van der Waals surface area contributed by atoms with Crippen LogP contribution in [0.3, 0.4) is 0 Å². The first-order valence-electron chi connectivity index (χ1n) is 11.4. The summed E-state index contributed by atoms with van der Waals surface area (Å²) >= 11 is 1.64. The minimum Gasteiger partial charge on any atom is -0.454 e. The van der Waals surface area contributed by atoms with Gasteiger partial charge < -0.3 is 9.47 Å². The first-order chi connectivity index (χ1) is 17.5. The van der Waals surface area contributed by atoms with Gasteiger partial charge in [-0.25, -0.2) is 9.78 Å². The molecule has 4 aromatic rings. The van der Waals surface area contributed by atoms with Gasteiger partial charge in [-0.05, 0) is 78.3 Å². The van der Waals surface area contributed by atoms with E-state index in [2.05, 4.69) is 10.8 Å². The van der Waals surface area contributed by atoms with Gasteiger partial charge in [0.25, 0.3) is 0 Å². The molecule has 0 N–H and O–H groups in total. The third-order valence-electron chi connectivity index (χ3n) is 5.97. The number of ether oxygens (including phenoxy) is 2. The number of alkyl halides is 2. The van der Waals surface area contributed by atoms with Gasteiger partial charge in [0.2, 0.25) is 0 Å². The first-order valence-corrected chi connectivity index (χ1v) is 12.3. The summed E-state index contributed by atoms with van der Waals surface area (Å²) in [5.74, 6) is -1.09. The standard InChI is InChI=1S/C28H21F2NO4S/c29-28(30)35-19-12-10-17(11-13-19)24(32)16-34-27(33)25-21-7-1-2-9-23(21)31-26-18(5-3-8-22(25)26)15-20-6-4-14-36-20/h1-2,4,6-7,9-15,28H,3,5,8,16H2. The molecular weight excluding hydrogens is 484 g/mol. The molecule has 0 atom stereocenters. The fourth-order valence-electron chi connectivity index (χ4n) is 4.36. The van der Waals surface area contributed by atoms with Crippen molar-refractivity contribution in [2.75, 3.05) is 6.61 Å². The topological polar surface area (TPSA) is 65.5 Å². The second-order valence-corrected chi connectivity index (χ2v) is 9.25. The summed E-state index contributed by atoms with van der Waals surface area (Å²) < 4.78 is 34.5. The maximum absolute atomic E-state index is 13.3. The Morgan fingerprint density at radius 2 is 1.83 bits per heavy atom. The molecule has 0 radical (unpaired) electrons. The summed E-state index contributed by atoms with van der Waals surface area (Å²) in [7, 11) is 0. The van der Waals surface area contributed by atoms with Crippen molar-refractivity contribution in [3.8, 4) is 5.75 Å². The number of Topliss-reactive ketones (excluding diaryl/α,β-unsaturated/α-hetero) is 1. The Labute approximate surface area is 210 Å². The number of halogens is 2. The summed E-state index contributed by atoms with van der Waals surface area (Å²) in [5.41, 5.74) is 4.03. The van der Waals surface area contributed by atoms with Crippen LogP contribution in [0.2, 0.25) is 0 Å². The van der Waals surface area contributed by atoms with Gasteiger partial charge in [-0.1, -0.05) is 24.3 Å². The quantitative estimate of drug-likeness (QED) is 0.204. The van der Waals surface area contributed by atoms with Crippen LogP contribution in [0.1, 0.15) is 49.7 Å². The molecule has 0 spiro atoms. The number of allylic oxidation sites excluding steroid dienone is 1. The van der Waals surface area contributed by atoms with Gasteiger partial charge in [0.15, 0.2) is 12.4 Å². The van der Waals surface area contributed by atoms with Gasteiger partial charge in [0, 0.05) is 15.8 Å². The average molecular weight is 506 g/mol. The van der Waals surface area contributed by atoms with E-state index >= 15 is 0 Å². The van der Waals surface area contributed by atoms with Crippen molar-refractivity contribution in [3.63, 3.8) is 0 Å². The Balaban J connectivity index is 1.43. The van der Waals surface area contributed by atoms with Gasteiger partial charge >= 0.3 is 12.6 Å². The van der Waals surface area contributed by atoms with Gasteiger partial charge in [0.1, 0.15) is 5.75 Å². The van der Waals surface area contributed by atoms with E-state index in [9.17, 15) is 18.4 Å². The highest BCUT2D eigenvalue weighted by atomic mass is 32.1. The van der Waals surface area contributed by atoms with E-state index in [1.807, 2.05) is 41.8 Å². The number of aromatic nitrogens is 1. The van der Waals surface area contributed by atoms with Crippen LogP contribution in [0.5, 0.6) is 5.75 Å². The van der Waals surface area contributed by atoms with Gasteiger partial charge in [-0.2, -0.15) is 8.78 Å². The number of ketones is 1. The van der Waals surface area contributed by atoms with E-state index in [0.717, 1.165) is 34.5 Å².